The summed E-state index contributed by atoms with van der Waals surface area (Å²) in [5.74, 6) is 0.956. The topological polar surface area (TPSA) is 95.3 Å². The van der Waals surface area contributed by atoms with Crippen LogP contribution in [-0.4, -0.2) is 39.5 Å². The largest absolute Gasteiger partial charge is 0.486 e. The van der Waals surface area contributed by atoms with Crippen LogP contribution in [0.15, 0.2) is 71.9 Å². The number of aromatic nitrogens is 3. The van der Waals surface area contributed by atoms with Crippen molar-refractivity contribution >= 4 is 40.1 Å². The van der Waals surface area contributed by atoms with Crippen molar-refractivity contribution in [2.45, 2.75) is 11.8 Å². The summed E-state index contributed by atoms with van der Waals surface area (Å²) in [5.41, 5.74) is 1.01. The first kappa shape index (κ1) is 22.3. The Bertz CT molecular complexity index is 1290. The lowest BCUT2D eigenvalue weighted by Gasteiger charge is -2.08. The molecule has 1 aromatic heterocycles. The first-order valence-corrected chi connectivity index (χ1v) is 11.1. The van der Waals surface area contributed by atoms with Crippen molar-refractivity contribution in [1.82, 2.24) is 14.8 Å². The monoisotopic (exact) mass is 462 g/mol. The molecule has 1 amide bonds. The number of anilines is 1. The molecule has 0 spiro atoms. The molecule has 0 saturated heterocycles. The molecule has 9 heteroatoms. The number of thioether (sulfide) groups is 1. The van der Waals surface area contributed by atoms with Gasteiger partial charge in [-0.1, -0.05) is 42.1 Å². The van der Waals surface area contributed by atoms with Crippen LogP contribution in [0.5, 0.6) is 5.75 Å². The molecule has 33 heavy (non-hydrogen) atoms. The van der Waals surface area contributed by atoms with Crippen LogP contribution in [0.2, 0.25) is 0 Å². The number of esters is 1. The Balaban J connectivity index is 1.30. The maximum Gasteiger partial charge on any atom is 0.337 e. The van der Waals surface area contributed by atoms with E-state index in [1.54, 1.807) is 24.3 Å². The lowest BCUT2D eigenvalue weighted by molar-refractivity contribution is -0.113. The Morgan fingerprint density at radius 1 is 1.00 bits per heavy atom. The van der Waals surface area contributed by atoms with Gasteiger partial charge in [0.1, 0.15) is 12.4 Å². The van der Waals surface area contributed by atoms with Crippen molar-refractivity contribution in [2.24, 2.45) is 7.05 Å². The number of ether oxygens (including phenoxy) is 2. The fourth-order valence-corrected chi connectivity index (χ4v) is 3.87. The maximum atomic E-state index is 12.3. The Hall–Kier alpha value is -3.85. The predicted octanol–water partition coefficient (Wildman–Crippen LogP) is 4.06. The van der Waals surface area contributed by atoms with E-state index in [0.717, 1.165) is 16.5 Å². The van der Waals surface area contributed by atoms with Crippen molar-refractivity contribution in [3.63, 3.8) is 0 Å². The highest BCUT2D eigenvalue weighted by Gasteiger charge is 2.13. The smallest absolute Gasteiger partial charge is 0.337 e. The minimum Gasteiger partial charge on any atom is -0.486 e. The number of carbonyl (C=O) groups is 2. The molecule has 0 aliphatic carbocycles. The van der Waals surface area contributed by atoms with Crippen LogP contribution in [0.25, 0.3) is 10.8 Å². The quantitative estimate of drug-likeness (QED) is 0.312. The number of hydrogen-bond acceptors (Lipinski definition) is 7. The maximum absolute atomic E-state index is 12.3. The summed E-state index contributed by atoms with van der Waals surface area (Å²) in [6.45, 7) is 0.265. The number of benzene rings is 3. The van der Waals surface area contributed by atoms with E-state index in [1.807, 2.05) is 48.0 Å². The second kappa shape index (κ2) is 10.2. The summed E-state index contributed by atoms with van der Waals surface area (Å²) in [4.78, 5) is 23.8. The molecule has 0 bridgehead atoms. The molecule has 4 rings (SSSR count). The van der Waals surface area contributed by atoms with Gasteiger partial charge in [0, 0.05) is 12.7 Å². The highest BCUT2D eigenvalue weighted by atomic mass is 32.2. The van der Waals surface area contributed by atoms with Crippen molar-refractivity contribution in [3.8, 4) is 5.75 Å². The third kappa shape index (κ3) is 5.50. The first-order valence-electron chi connectivity index (χ1n) is 10.1. The number of nitrogens with one attached hydrogen (secondary N) is 1. The van der Waals surface area contributed by atoms with Gasteiger partial charge in [0.2, 0.25) is 5.91 Å². The first-order chi connectivity index (χ1) is 16.0. The van der Waals surface area contributed by atoms with E-state index in [9.17, 15) is 9.59 Å². The number of hydrogen-bond donors (Lipinski definition) is 1. The third-order valence-electron chi connectivity index (χ3n) is 4.94. The number of nitrogens with zero attached hydrogens (tertiary/aromatic N) is 3. The lowest BCUT2D eigenvalue weighted by Crippen LogP contribution is -2.14. The van der Waals surface area contributed by atoms with Crippen LogP contribution >= 0.6 is 11.8 Å². The zero-order chi connectivity index (χ0) is 23.2. The number of rotatable bonds is 8. The Kier molecular flexibility index (Phi) is 6.89. The van der Waals surface area contributed by atoms with Gasteiger partial charge in [-0.05, 0) is 47.2 Å². The summed E-state index contributed by atoms with van der Waals surface area (Å²) in [6.07, 6.45) is 0. The third-order valence-corrected chi connectivity index (χ3v) is 5.96. The van der Waals surface area contributed by atoms with Gasteiger partial charge in [-0.3, -0.25) is 4.79 Å². The molecule has 0 atom stereocenters. The van der Waals surface area contributed by atoms with Crippen LogP contribution in [0.4, 0.5) is 5.69 Å². The number of carbonyl (C=O) groups excluding carboxylic acids is 2. The second-order valence-corrected chi connectivity index (χ2v) is 8.10. The lowest BCUT2D eigenvalue weighted by atomic mass is 10.1. The van der Waals surface area contributed by atoms with Gasteiger partial charge in [-0.25, -0.2) is 4.79 Å². The molecule has 0 aliphatic rings. The van der Waals surface area contributed by atoms with Gasteiger partial charge in [-0.15, -0.1) is 10.2 Å². The highest BCUT2D eigenvalue weighted by molar-refractivity contribution is 7.99. The van der Waals surface area contributed by atoms with Gasteiger partial charge in [0.15, 0.2) is 11.0 Å². The highest BCUT2D eigenvalue weighted by Crippen LogP contribution is 2.22. The van der Waals surface area contributed by atoms with Crippen molar-refractivity contribution in [3.05, 3.63) is 78.1 Å². The molecule has 1 N–H and O–H groups in total. The van der Waals surface area contributed by atoms with Crippen LogP contribution in [0.1, 0.15) is 16.2 Å². The van der Waals surface area contributed by atoms with Gasteiger partial charge >= 0.3 is 5.97 Å². The fraction of sp³-hybridized carbons (Fsp3) is 0.167. The summed E-state index contributed by atoms with van der Waals surface area (Å²) in [6, 6.07) is 20.5. The van der Waals surface area contributed by atoms with Gasteiger partial charge < -0.3 is 19.4 Å². The average molecular weight is 463 g/mol. The SMILES string of the molecule is COC(=O)c1ccc(NC(=O)CSc2nnc(COc3ccc4ccccc4c3)n2C)cc1. The standard InChI is InChI=1S/C24H22N4O4S/c1-28-21(14-32-20-12-9-16-5-3-4-6-18(16)13-20)26-27-24(28)33-15-22(29)25-19-10-7-17(8-11-19)23(30)31-2/h3-13H,14-15H2,1-2H3,(H,25,29). The molecular weight excluding hydrogens is 440 g/mol. The molecule has 1 heterocycles. The van der Waals surface area contributed by atoms with Crippen molar-refractivity contribution < 1.29 is 19.1 Å². The molecule has 0 aliphatic heterocycles. The second-order valence-electron chi connectivity index (χ2n) is 7.16. The summed E-state index contributed by atoms with van der Waals surface area (Å²) in [7, 11) is 3.16. The van der Waals surface area contributed by atoms with E-state index in [2.05, 4.69) is 26.3 Å². The molecule has 3 aromatic carbocycles. The predicted molar refractivity (Wildman–Crippen MR) is 126 cm³/mol. The molecule has 0 unspecified atom stereocenters. The van der Waals surface area contributed by atoms with Crippen LogP contribution in [-0.2, 0) is 23.2 Å². The minimum absolute atomic E-state index is 0.163. The molecule has 0 fully saturated rings. The summed E-state index contributed by atoms with van der Waals surface area (Å²) < 4.78 is 12.4. The molecule has 0 radical (unpaired) electrons. The van der Waals surface area contributed by atoms with E-state index in [-0.39, 0.29) is 18.3 Å². The number of amides is 1. The van der Waals surface area contributed by atoms with Crippen molar-refractivity contribution in [1.29, 1.82) is 0 Å². The van der Waals surface area contributed by atoms with Crippen LogP contribution in [0.3, 0.4) is 0 Å². The van der Waals surface area contributed by atoms with E-state index in [0.29, 0.717) is 22.2 Å². The van der Waals surface area contributed by atoms with Crippen LogP contribution in [0, 0.1) is 0 Å². The van der Waals surface area contributed by atoms with Gasteiger partial charge in [-0.2, -0.15) is 0 Å². The molecule has 4 aromatic rings. The minimum atomic E-state index is -0.425. The number of methoxy groups -OCH3 is 1. The molecule has 0 saturated carbocycles. The zero-order valence-corrected chi connectivity index (χ0v) is 19.0. The summed E-state index contributed by atoms with van der Waals surface area (Å²) in [5, 5.41) is 14.0. The fourth-order valence-electron chi connectivity index (χ4n) is 3.14. The Morgan fingerprint density at radius 3 is 2.52 bits per heavy atom. The van der Waals surface area contributed by atoms with E-state index >= 15 is 0 Å². The van der Waals surface area contributed by atoms with Crippen molar-refractivity contribution in [2.75, 3.05) is 18.2 Å². The molecule has 168 valence electrons. The Labute approximate surface area is 194 Å². The van der Waals surface area contributed by atoms with E-state index in [1.165, 1.54) is 18.9 Å². The van der Waals surface area contributed by atoms with Gasteiger partial charge in [0.25, 0.3) is 0 Å². The molecule has 8 nitrogen and oxygen atoms in total. The normalized spacial score (nSPS) is 10.7. The van der Waals surface area contributed by atoms with E-state index < -0.39 is 5.97 Å². The summed E-state index contributed by atoms with van der Waals surface area (Å²) >= 11 is 1.28. The zero-order valence-electron chi connectivity index (χ0n) is 18.1. The molecular formula is C24H22N4O4S. The van der Waals surface area contributed by atoms with E-state index in [4.69, 9.17) is 4.74 Å². The number of fused-ring (bicyclic) bond motifs is 1. The van der Waals surface area contributed by atoms with Gasteiger partial charge in [0.05, 0.1) is 18.4 Å². The van der Waals surface area contributed by atoms with Crippen LogP contribution < -0.4 is 10.1 Å². The average Bonchev–Trinajstić information content (AvgIpc) is 3.20. The Morgan fingerprint density at radius 2 is 1.76 bits per heavy atom.